The van der Waals surface area contributed by atoms with E-state index in [1.807, 2.05) is 30.3 Å². The van der Waals surface area contributed by atoms with Gasteiger partial charge in [-0.2, -0.15) is 0 Å². The first-order valence-electron chi connectivity index (χ1n) is 12.2. The second kappa shape index (κ2) is 10.9. The molecule has 1 N–H and O–H groups in total. The third-order valence-corrected chi connectivity index (χ3v) is 8.55. The van der Waals surface area contributed by atoms with Gasteiger partial charge in [-0.25, -0.2) is 17.5 Å². The molecule has 3 aromatic rings. The Kier molecular flexibility index (Phi) is 7.31. The van der Waals surface area contributed by atoms with E-state index in [1.165, 1.54) is 33.7 Å². The molecule has 0 amide bonds. The molecule has 3 aromatic carbocycles. The van der Waals surface area contributed by atoms with Crippen molar-refractivity contribution in [3.63, 3.8) is 0 Å². The van der Waals surface area contributed by atoms with E-state index < -0.39 is 27.7 Å². The molecule has 0 fully saturated rings. The maximum atomic E-state index is 14.3. The minimum absolute atomic E-state index is 0.0543. The normalized spacial score (nSPS) is 16.3. The average molecular weight is 566 g/mol. The Morgan fingerprint density at radius 1 is 0.975 bits per heavy atom. The number of hydrogen-bond donors (Lipinski definition) is 1. The van der Waals surface area contributed by atoms with Gasteiger partial charge in [-0.05, 0) is 29.3 Å². The molecule has 2 aliphatic heterocycles. The van der Waals surface area contributed by atoms with Crippen molar-refractivity contribution < 1.29 is 42.0 Å². The second-order valence-corrected chi connectivity index (χ2v) is 10.7. The van der Waals surface area contributed by atoms with Gasteiger partial charge in [0.15, 0.2) is 17.3 Å². The molecule has 0 saturated carbocycles. The molecule has 1 atom stereocenters. The van der Waals surface area contributed by atoms with Crippen LogP contribution in [0.2, 0.25) is 0 Å². The van der Waals surface area contributed by atoms with Crippen LogP contribution < -0.4 is 14.2 Å². The Labute approximate surface area is 231 Å². The van der Waals surface area contributed by atoms with Crippen molar-refractivity contribution in [1.82, 2.24) is 4.31 Å². The number of nitrogens with zero attached hydrogens (tertiary/aromatic N) is 1. The number of methoxy groups -OCH3 is 3. The van der Waals surface area contributed by atoms with Gasteiger partial charge in [-0.1, -0.05) is 48.5 Å². The number of hydrogen-bond acceptors (Lipinski definition) is 8. The summed E-state index contributed by atoms with van der Waals surface area (Å²) in [7, 11) is -0.0449. The van der Waals surface area contributed by atoms with E-state index in [2.05, 4.69) is 0 Å². The highest BCUT2D eigenvalue weighted by Gasteiger charge is 2.46. The predicted octanol–water partition coefficient (Wildman–Crippen LogP) is 4.02. The zero-order chi connectivity index (χ0) is 28.4. The van der Waals surface area contributed by atoms with E-state index in [9.17, 15) is 18.3 Å². The van der Waals surface area contributed by atoms with Gasteiger partial charge in [0.2, 0.25) is 12.5 Å². The van der Waals surface area contributed by atoms with Crippen molar-refractivity contribution in [3.05, 3.63) is 101 Å². The fourth-order valence-electron chi connectivity index (χ4n) is 4.97. The van der Waals surface area contributed by atoms with E-state index in [0.717, 1.165) is 9.87 Å². The van der Waals surface area contributed by atoms with Crippen molar-refractivity contribution in [3.8, 4) is 17.2 Å². The lowest BCUT2D eigenvalue weighted by Crippen LogP contribution is -2.46. The Balaban J connectivity index is 1.84. The number of carbonyl (C=O) groups is 1. The number of rotatable bonds is 9. The molecule has 0 spiro atoms. The molecule has 0 radical (unpaired) electrons. The molecule has 0 aliphatic carbocycles. The van der Waals surface area contributed by atoms with E-state index >= 15 is 0 Å². The van der Waals surface area contributed by atoms with Gasteiger partial charge in [0, 0.05) is 17.6 Å². The maximum absolute atomic E-state index is 14.3. The van der Waals surface area contributed by atoms with Gasteiger partial charge in [0.1, 0.15) is 18.0 Å². The largest absolute Gasteiger partial charge is 0.493 e. The van der Waals surface area contributed by atoms with Crippen molar-refractivity contribution in [2.24, 2.45) is 0 Å². The number of fused-ring (bicyclic) bond motifs is 1. The zero-order valence-electron chi connectivity index (χ0n) is 22.0. The number of carboxylic acids is 1. The lowest BCUT2D eigenvalue weighted by molar-refractivity contribution is -0.134. The lowest BCUT2D eigenvalue weighted by Gasteiger charge is -2.37. The highest BCUT2D eigenvalue weighted by molar-refractivity contribution is 7.89. The number of ether oxygens (including phenoxy) is 5. The van der Waals surface area contributed by atoms with E-state index in [-0.39, 0.29) is 46.5 Å². The monoisotopic (exact) mass is 565 g/mol. The van der Waals surface area contributed by atoms with Gasteiger partial charge in [0.25, 0.3) is 10.0 Å². The first-order valence-corrected chi connectivity index (χ1v) is 13.7. The van der Waals surface area contributed by atoms with E-state index in [1.54, 1.807) is 30.3 Å². The Morgan fingerprint density at radius 3 is 2.20 bits per heavy atom. The maximum Gasteiger partial charge on any atom is 0.353 e. The SMILES string of the molecule is COc1cc(C2=C(C(=O)O)N(C(Cc3ccccc3)C3=COCO3)S(=O)(=O)c3ccccc32)cc(OC)c1OC. The van der Waals surface area contributed by atoms with Crippen molar-refractivity contribution in [2.75, 3.05) is 28.1 Å². The number of aliphatic carboxylic acids is 1. The molecule has 0 saturated heterocycles. The number of carboxylic acid groups (broad SMARTS) is 1. The summed E-state index contributed by atoms with van der Waals surface area (Å²) < 4.78 is 56.9. The highest BCUT2D eigenvalue weighted by Crippen LogP contribution is 2.47. The molecule has 2 heterocycles. The Morgan fingerprint density at radius 2 is 1.62 bits per heavy atom. The van der Waals surface area contributed by atoms with Gasteiger partial charge in [-0.15, -0.1) is 0 Å². The van der Waals surface area contributed by atoms with Crippen LogP contribution in [0.4, 0.5) is 0 Å². The molecule has 10 nitrogen and oxygen atoms in total. The first kappa shape index (κ1) is 26.9. The quantitative estimate of drug-likeness (QED) is 0.410. The van der Waals surface area contributed by atoms with Crippen LogP contribution in [0.25, 0.3) is 5.57 Å². The molecule has 208 valence electrons. The standard InChI is InChI=1S/C29H27NO9S/c1-35-22-14-19(15-23(36-2)28(22)37-3)26-20-11-7-8-12-25(20)40(33,34)30(27(26)29(31)32)21(24-16-38-17-39-24)13-18-9-5-4-6-10-18/h4-12,14-16,21H,13,17H2,1-3H3,(H,31,32). The van der Waals surface area contributed by atoms with Crippen LogP contribution in [-0.2, 0) is 30.7 Å². The van der Waals surface area contributed by atoms with Gasteiger partial charge in [0.05, 0.1) is 26.2 Å². The molecule has 0 aromatic heterocycles. The lowest BCUT2D eigenvalue weighted by atomic mass is 9.93. The third kappa shape index (κ3) is 4.58. The smallest absolute Gasteiger partial charge is 0.353 e. The zero-order valence-corrected chi connectivity index (χ0v) is 22.8. The molecule has 11 heteroatoms. The average Bonchev–Trinajstić information content (AvgIpc) is 3.50. The summed E-state index contributed by atoms with van der Waals surface area (Å²) in [6.45, 7) is -0.114. The molecular weight excluding hydrogens is 538 g/mol. The van der Waals surface area contributed by atoms with Gasteiger partial charge < -0.3 is 28.8 Å². The minimum Gasteiger partial charge on any atom is -0.493 e. The minimum atomic E-state index is -4.39. The van der Waals surface area contributed by atoms with Crippen LogP contribution in [0.15, 0.2) is 89.3 Å². The van der Waals surface area contributed by atoms with E-state index in [4.69, 9.17) is 23.7 Å². The predicted molar refractivity (Wildman–Crippen MR) is 144 cm³/mol. The summed E-state index contributed by atoms with van der Waals surface area (Å²) in [5.41, 5.74) is 1.06. The summed E-state index contributed by atoms with van der Waals surface area (Å²) in [5, 5.41) is 10.7. The topological polar surface area (TPSA) is 121 Å². The molecule has 5 rings (SSSR count). The summed E-state index contributed by atoms with van der Waals surface area (Å²) in [5.74, 6) is -0.386. The summed E-state index contributed by atoms with van der Waals surface area (Å²) >= 11 is 0. The fraction of sp³-hybridized carbons (Fsp3) is 0.207. The van der Waals surface area contributed by atoms with Gasteiger partial charge >= 0.3 is 5.97 Å². The molecule has 0 bridgehead atoms. The number of benzene rings is 3. The van der Waals surface area contributed by atoms with Crippen molar-refractivity contribution in [1.29, 1.82) is 0 Å². The fourth-order valence-corrected chi connectivity index (χ4v) is 6.80. The third-order valence-electron chi connectivity index (χ3n) is 6.68. The summed E-state index contributed by atoms with van der Waals surface area (Å²) in [4.78, 5) is 13.1. The summed E-state index contributed by atoms with van der Waals surface area (Å²) in [6.07, 6.45) is 1.44. The Hall–Kier alpha value is -4.64. The van der Waals surface area contributed by atoms with Crippen LogP contribution in [0.3, 0.4) is 0 Å². The molecule has 40 heavy (non-hydrogen) atoms. The van der Waals surface area contributed by atoms with Crippen molar-refractivity contribution in [2.45, 2.75) is 17.4 Å². The molecule has 1 unspecified atom stereocenters. The van der Waals surface area contributed by atoms with Gasteiger partial charge in [-0.3, -0.25) is 0 Å². The van der Waals surface area contributed by atoms with Crippen LogP contribution in [0, 0.1) is 0 Å². The second-order valence-electron chi connectivity index (χ2n) is 8.89. The number of sulfonamides is 1. The van der Waals surface area contributed by atoms with Crippen molar-refractivity contribution >= 4 is 21.6 Å². The highest BCUT2D eigenvalue weighted by atomic mass is 32.2. The Bertz CT molecular complexity index is 1590. The first-order chi connectivity index (χ1) is 19.3. The van der Waals surface area contributed by atoms with Crippen LogP contribution >= 0.6 is 0 Å². The summed E-state index contributed by atoms with van der Waals surface area (Å²) in [6, 6.07) is 17.5. The molecular formula is C29H27NO9S. The van der Waals surface area contributed by atoms with E-state index in [0.29, 0.717) is 11.3 Å². The van der Waals surface area contributed by atoms with Crippen LogP contribution in [0.5, 0.6) is 17.2 Å². The van der Waals surface area contributed by atoms with Crippen LogP contribution in [0.1, 0.15) is 16.7 Å². The molecule has 2 aliphatic rings. The van der Waals surface area contributed by atoms with Crippen LogP contribution in [-0.4, -0.2) is 58.0 Å².